The fourth-order valence-electron chi connectivity index (χ4n) is 5.27. The SMILES string of the molecule is CC.CC.CC1COc2c(N3CCN(C)CC3)c(F)cc3c(=O)c(C(=O)NNc4cc(N5CCOCC5)ncn4)cn1c23. The minimum absolute atomic E-state index is 0.107. The highest BCUT2D eigenvalue weighted by Gasteiger charge is 2.31. The number of nitrogens with one attached hydrogen (secondary N) is 2. The van der Waals surface area contributed by atoms with E-state index in [1.54, 1.807) is 6.07 Å². The monoisotopic (exact) mass is 598 g/mol. The van der Waals surface area contributed by atoms with Crippen molar-refractivity contribution in [2.24, 2.45) is 0 Å². The Morgan fingerprint density at radius 2 is 1.70 bits per heavy atom. The number of hydrazine groups is 1. The number of piperazine rings is 1. The van der Waals surface area contributed by atoms with Gasteiger partial charge >= 0.3 is 0 Å². The average Bonchev–Trinajstić information content (AvgIpc) is 3.05. The van der Waals surface area contributed by atoms with Crippen LogP contribution >= 0.6 is 0 Å². The van der Waals surface area contributed by atoms with Crippen LogP contribution in [0.5, 0.6) is 5.75 Å². The second-order valence-corrected chi connectivity index (χ2v) is 10.1. The van der Waals surface area contributed by atoms with E-state index in [-0.39, 0.29) is 17.0 Å². The summed E-state index contributed by atoms with van der Waals surface area (Å²) in [6, 6.07) is 2.78. The Kier molecular flexibility index (Phi) is 10.8. The van der Waals surface area contributed by atoms with Crippen LogP contribution in [0.25, 0.3) is 10.9 Å². The molecule has 0 radical (unpaired) electrons. The highest BCUT2D eigenvalue weighted by Crippen LogP contribution is 2.42. The molecule has 6 rings (SSSR count). The van der Waals surface area contributed by atoms with Crippen molar-refractivity contribution in [2.45, 2.75) is 40.7 Å². The first-order chi connectivity index (χ1) is 20.9. The summed E-state index contributed by atoms with van der Waals surface area (Å²) in [5.41, 5.74) is 5.53. The van der Waals surface area contributed by atoms with Crippen molar-refractivity contribution in [2.75, 3.05) is 81.4 Å². The van der Waals surface area contributed by atoms with Crippen molar-refractivity contribution in [3.05, 3.63) is 46.3 Å². The minimum atomic E-state index is -0.652. The van der Waals surface area contributed by atoms with Gasteiger partial charge in [0.1, 0.15) is 35.8 Å². The lowest BCUT2D eigenvalue weighted by molar-refractivity contribution is 0.0960. The number of benzene rings is 1. The third-order valence-corrected chi connectivity index (χ3v) is 7.50. The highest BCUT2D eigenvalue weighted by molar-refractivity contribution is 6.00. The molecule has 0 saturated carbocycles. The van der Waals surface area contributed by atoms with Gasteiger partial charge in [0, 0.05) is 51.5 Å². The number of halogens is 1. The molecule has 3 aliphatic rings. The van der Waals surface area contributed by atoms with Crippen molar-refractivity contribution in [1.29, 1.82) is 0 Å². The molecule has 0 aliphatic carbocycles. The van der Waals surface area contributed by atoms with Gasteiger partial charge in [0.15, 0.2) is 11.6 Å². The number of hydrogen-bond donors (Lipinski definition) is 2. The van der Waals surface area contributed by atoms with Gasteiger partial charge in [-0.05, 0) is 20.0 Å². The summed E-state index contributed by atoms with van der Waals surface area (Å²) < 4.78 is 28.8. The molecule has 2 N–H and O–H groups in total. The quantitative estimate of drug-likeness (QED) is 0.424. The standard InChI is InChI=1S/C26H31FN8O4.2C2H6/c1-16-14-39-25-22-17(11-19(27)23(25)34-5-3-32(2)4-6-34)24(36)18(13-35(16)22)26(37)31-30-20-12-21(29-15-28-20)33-7-9-38-10-8-33;2*1-2/h11-13,15-16H,3-10,14H2,1-2H3,(H,31,37)(H,28,29,30);2*1-2H3. The number of likely N-dealkylation sites (N-methyl/N-ethyl adjacent to an activating group) is 1. The van der Waals surface area contributed by atoms with E-state index in [2.05, 4.69) is 30.6 Å². The minimum Gasteiger partial charge on any atom is -0.487 e. The van der Waals surface area contributed by atoms with E-state index < -0.39 is 17.2 Å². The summed E-state index contributed by atoms with van der Waals surface area (Å²) in [5.74, 6) is 0.238. The van der Waals surface area contributed by atoms with Gasteiger partial charge < -0.3 is 28.7 Å². The Hall–Kier alpha value is -3.97. The fraction of sp³-hybridized carbons (Fsp3) is 0.533. The zero-order valence-electron chi connectivity index (χ0n) is 25.9. The number of ether oxygens (including phenoxy) is 2. The second kappa shape index (κ2) is 14.5. The molecule has 1 unspecified atom stereocenters. The summed E-state index contributed by atoms with van der Waals surface area (Å²) >= 11 is 0. The van der Waals surface area contributed by atoms with Crippen molar-refractivity contribution in [1.82, 2.24) is 24.9 Å². The molecule has 1 aromatic carbocycles. The molecule has 5 heterocycles. The molecule has 234 valence electrons. The number of morpholine rings is 1. The molecular formula is C30H43FN8O4. The molecular weight excluding hydrogens is 555 g/mol. The van der Waals surface area contributed by atoms with Gasteiger partial charge in [-0.2, -0.15) is 0 Å². The number of carbonyl (C=O) groups excluding carboxylic acids is 1. The van der Waals surface area contributed by atoms with Gasteiger partial charge in [-0.3, -0.25) is 20.4 Å². The maximum Gasteiger partial charge on any atom is 0.275 e. The molecule has 1 atom stereocenters. The predicted molar refractivity (Wildman–Crippen MR) is 167 cm³/mol. The molecule has 0 bridgehead atoms. The lowest BCUT2D eigenvalue weighted by Gasteiger charge is -2.37. The average molecular weight is 599 g/mol. The lowest BCUT2D eigenvalue weighted by Crippen LogP contribution is -2.45. The number of rotatable bonds is 5. The molecule has 1 amide bonds. The van der Waals surface area contributed by atoms with E-state index in [4.69, 9.17) is 9.47 Å². The van der Waals surface area contributed by atoms with E-state index in [0.29, 0.717) is 74.6 Å². The normalized spacial score (nSPS) is 18.1. The number of aromatic nitrogens is 3. The van der Waals surface area contributed by atoms with Crippen molar-refractivity contribution in [3.63, 3.8) is 0 Å². The molecule has 43 heavy (non-hydrogen) atoms. The van der Waals surface area contributed by atoms with Gasteiger partial charge in [0.05, 0.1) is 30.2 Å². The third-order valence-electron chi connectivity index (χ3n) is 7.50. The molecule has 13 heteroatoms. The van der Waals surface area contributed by atoms with Crippen LogP contribution in [0.4, 0.5) is 21.7 Å². The smallest absolute Gasteiger partial charge is 0.275 e. The Morgan fingerprint density at radius 1 is 1.00 bits per heavy atom. The Labute approximate surface area is 251 Å². The highest BCUT2D eigenvalue weighted by atomic mass is 19.1. The third kappa shape index (κ3) is 6.67. The number of pyridine rings is 1. The van der Waals surface area contributed by atoms with E-state index in [1.807, 2.05) is 51.1 Å². The van der Waals surface area contributed by atoms with Crippen molar-refractivity contribution < 1.29 is 18.7 Å². The van der Waals surface area contributed by atoms with E-state index in [9.17, 15) is 9.59 Å². The molecule has 2 fully saturated rings. The van der Waals surface area contributed by atoms with Gasteiger partial charge in [-0.1, -0.05) is 27.7 Å². The van der Waals surface area contributed by atoms with Crippen LogP contribution in [0.1, 0.15) is 51.0 Å². The first-order valence-electron chi connectivity index (χ1n) is 15.1. The zero-order chi connectivity index (χ0) is 31.1. The lowest BCUT2D eigenvalue weighted by atomic mass is 10.0. The number of anilines is 3. The Balaban J connectivity index is 0.00000102. The maximum absolute atomic E-state index is 15.6. The summed E-state index contributed by atoms with van der Waals surface area (Å²) in [7, 11) is 2.03. The van der Waals surface area contributed by atoms with E-state index in [1.165, 1.54) is 18.6 Å². The molecule has 3 aliphatic heterocycles. The summed E-state index contributed by atoms with van der Waals surface area (Å²) in [4.78, 5) is 41.3. The van der Waals surface area contributed by atoms with Crippen LogP contribution in [-0.2, 0) is 4.74 Å². The fourth-order valence-corrected chi connectivity index (χ4v) is 5.27. The van der Waals surface area contributed by atoms with E-state index in [0.717, 1.165) is 13.1 Å². The van der Waals surface area contributed by atoms with Crippen LogP contribution in [0.15, 0.2) is 29.5 Å². The van der Waals surface area contributed by atoms with Crippen molar-refractivity contribution in [3.8, 4) is 5.75 Å². The number of amides is 1. The van der Waals surface area contributed by atoms with Gasteiger partial charge in [-0.25, -0.2) is 14.4 Å². The van der Waals surface area contributed by atoms with Crippen LogP contribution in [0.3, 0.4) is 0 Å². The maximum atomic E-state index is 15.6. The predicted octanol–water partition coefficient (Wildman–Crippen LogP) is 3.28. The van der Waals surface area contributed by atoms with Gasteiger partial charge in [-0.15, -0.1) is 0 Å². The van der Waals surface area contributed by atoms with Crippen LogP contribution in [-0.4, -0.2) is 91.5 Å². The summed E-state index contributed by atoms with van der Waals surface area (Å²) in [6.07, 6.45) is 2.93. The Morgan fingerprint density at radius 3 is 2.40 bits per heavy atom. The first kappa shape index (κ1) is 32.0. The second-order valence-electron chi connectivity index (χ2n) is 10.1. The van der Waals surface area contributed by atoms with Crippen LogP contribution in [0, 0.1) is 5.82 Å². The summed E-state index contributed by atoms with van der Waals surface area (Å²) in [5, 5.41) is 0.108. The summed E-state index contributed by atoms with van der Waals surface area (Å²) in [6.45, 7) is 15.8. The molecule has 0 spiro atoms. The topological polar surface area (TPSA) is 117 Å². The number of carbonyl (C=O) groups is 1. The van der Waals surface area contributed by atoms with E-state index >= 15 is 4.39 Å². The van der Waals surface area contributed by atoms with Crippen molar-refractivity contribution >= 4 is 34.1 Å². The molecule has 2 saturated heterocycles. The van der Waals surface area contributed by atoms with Crippen LogP contribution < -0.4 is 30.8 Å². The first-order valence-corrected chi connectivity index (χ1v) is 15.1. The van der Waals surface area contributed by atoms with Gasteiger partial charge in [0.2, 0.25) is 5.43 Å². The Bertz CT molecular complexity index is 1470. The zero-order valence-corrected chi connectivity index (χ0v) is 25.9. The molecule has 12 nitrogen and oxygen atoms in total. The molecule has 2 aromatic heterocycles. The largest absolute Gasteiger partial charge is 0.487 e. The van der Waals surface area contributed by atoms with Gasteiger partial charge in [0.25, 0.3) is 5.91 Å². The number of nitrogens with zero attached hydrogens (tertiary/aromatic N) is 6. The number of hydrogen-bond acceptors (Lipinski definition) is 10. The molecule has 3 aromatic rings. The van der Waals surface area contributed by atoms with Crippen LogP contribution in [0.2, 0.25) is 0 Å².